The van der Waals surface area contributed by atoms with E-state index in [1.807, 2.05) is 6.07 Å². The van der Waals surface area contributed by atoms with Gasteiger partial charge in [-0.05, 0) is 78.0 Å². The lowest BCUT2D eigenvalue weighted by Crippen LogP contribution is -2.34. The zero-order valence-electron chi connectivity index (χ0n) is 12.1. The maximum Gasteiger partial charge on any atom is 0.0412 e. The van der Waals surface area contributed by atoms with Gasteiger partial charge < -0.3 is 0 Å². The second-order valence-electron chi connectivity index (χ2n) is 7.20. The van der Waals surface area contributed by atoms with E-state index in [0.717, 1.165) is 16.9 Å². The minimum absolute atomic E-state index is 0.445. The summed E-state index contributed by atoms with van der Waals surface area (Å²) in [5, 5.41) is 3.50. The maximum absolute atomic E-state index is 6.16. The van der Waals surface area contributed by atoms with Crippen molar-refractivity contribution in [1.29, 1.82) is 0 Å². The summed E-state index contributed by atoms with van der Waals surface area (Å²) in [7, 11) is 0. The van der Waals surface area contributed by atoms with Gasteiger partial charge >= 0.3 is 0 Å². The molecule has 3 aliphatic carbocycles. The highest BCUT2D eigenvalue weighted by Gasteiger charge is 2.50. The molecule has 0 aromatic heterocycles. The molecule has 0 amide bonds. The third-order valence-electron chi connectivity index (χ3n) is 6.14. The first-order chi connectivity index (χ1) is 10.2. The van der Waals surface area contributed by atoms with E-state index < -0.39 is 0 Å². The van der Waals surface area contributed by atoms with Crippen molar-refractivity contribution < 1.29 is 0 Å². The van der Waals surface area contributed by atoms with Crippen molar-refractivity contribution in [1.82, 2.24) is 0 Å². The lowest BCUT2D eigenvalue weighted by Gasteiger charge is -2.41. The van der Waals surface area contributed by atoms with E-state index in [1.54, 1.807) is 11.1 Å². The predicted octanol–water partition coefficient (Wildman–Crippen LogP) is 5.66. The van der Waals surface area contributed by atoms with Gasteiger partial charge in [0.05, 0.1) is 0 Å². The van der Waals surface area contributed by atoms with Crippen LogP contribution >= 0.6 is 11.6 Å². The molecule has 3 atom stereocenters. The number of benzene rings is 2. The molecule has 1 spiro atoms. The van der Waals surface area contributed by atoms with Gasteiger partial charge in [0, 0.05) is 10.4 Å². The Balaban J connectivity index is 1.75. The van der Waals surface area contributed by atoms with Crippen molar-refractivity contribution in [2.45, 2.75) is 37.5 Å². The third kappa shape index (κ3) is 1.63. The first-order valence-electron chi connectivity index (χ1n) is 8.16. The molecule has 2 bridgehead atoms. The Kier molecular flexibility index (Phi) is 2.42. The van der Waals surface area contributed by atoms with Gasteiger partial charge in [-0.1, -0.05) is 42.0 Å². The van der Waals surface area contributed by atoms with Gasteiger partial charge in [0.25, 0.3) is 0 Å². The Morgan fingerprint density at radius 2 is 2.00 bits per heavy atom. The molecular weight excluding hydrogens is 276 g/mol. The predicted molar refractivity (Wildman–Crippen MR) is 88.9 cm³/mol. The van der Waals surface area contributed by atoms with E-state index >= 15 is 0 Å². The van der Waals surface area contributed by atoms with Crippen LogP contribution in [0.1, 0.15) is 36.8 Å². The van der Waals surface area contributed by atoms with Gasteiger partial charge in [-0.3, -0.25) is 0 Å². The quantitative estimate of drug-likeness (QED) is 0.550. The van der Waals surface area contributed by atoms with Crippen molar-refractivity contribution in [3.05, 3.63) is 58.6 Å². The molecule has 3 unspecified atom stereocenters. The molecule has 0 radical (unpaired) electrons. The summed E-state index contributed by atoms with van der Waals surface area (Å²) in [6, 6.07) is 11.2. The molecule has 0 heterocycles. The van der Waals surface area contributed by atoms with Crippen LogP contribution in [0.5, 0.6) is 0 Å². The van der Waals surface area contributed by atoms with Crippen molar-refractivity contribution >= 4 is 22.4 Å². The molecule has 2 aromatic carbocycles. The molecule has 1 heteroatoms. The van der Waals surface area contributed by atoms with Crippen LogP contribution in [-0.4, -0.2) is 0 Å². The molecule has 1 fully saturated rings. The van der Waals surface area contributed by atoms with Crippen LogP contribution in [0.15, 0.2) is 42.5 Å². The van der Waals surface area contributed by atoms with Crippen LogP contribution in [0.3, 0.4) is 0 Å². The molecule has 5 rings (SSSR count). The number of hydrogen-bond donors (Lipinski definition) is 0. The SMILES string of the molecule is Clc1ccc2cc3c(cc2c1)CCCC31CC2C=CC1C2. The van der Waals surface area contributed by atoms with E-state index in [4.69, 9.17) is 11.6 Å². The van der Waals surface area contributed by atoms with Crippen LogP contribution in [0.4, 0.5) is 0 Å². The van der Waals surface area contributed by atoms with Gasteiger partial charge in [-0.15, -0.1) is 0 Å². The average molecular weight is 295 g/mol. The molecule has 0 N–H and O–H groups in total. The van der Waals surface area contributed by atoms with E-state index in [1.165, 1.54) is 42.9 Å². The lowest BCUT2D eigenvalue weighted by atomic mass is 9.63. The Hall–Kier alpha value is -1.27. The van der Waals surface area contributed by atoms with Crippen LogP contribution in [-0.2, 0) is 11.8 Å². The van der Waals surface area contributed by atoms with E-state index in [0.29, 0.717) is 5.41 Å². The number of allylic oxidation sites excluding steroid dienone is 2. The summed E-state index contributed by atoms with van der Waals surface area (Å²) in [6.07, 6.45) is 11.7. The first-order valence-corrected chi connectivity index (χ1v) is 8.53. The molecule has 106 valence electrons. The summed E-state index contributed by atoms with van der Waals surface area (Å²) in [4.78, 5) is 0. The fraction of sp³-hybridized carbons (Fsp3) is 0.400. The summed E-state index contributed by atoms with van der Waals surface area (Å²) in [5.41, 5.74) is 3.68. The molecule has 21 heavy (non-hydrogen) atoms. The summed E-state index contributed by atoms with van der Waals surface area (Å²) >= 11 is 6.16. The molecular formula is C20H19Cl. The minimum Gasteiger partial charge on any atom is -0.0851 e. The van der Waals surface area contributed by atoms with Gasteiger partial charge in [0.15, 0.2) is 0 Å². The monoisotopic (exact) mass is 294 g/mol. The number of halogens is 1. The normalized spacial score (nSPS) is 33.0. The fourth-order valence-corrected chi connectivity index (χ4v) is 5.45. The topological polar surface area (TPSA) is 0 Å². The molecule has 3 aliphatic rings. The highest BCUT2D eigenvalue weighted by molar-refractivity contribution is 6.31. The highest BCUT2D eigenvalue weighted by atomic mass is 35.5. The fourth-order valence-electron chi connectivity index (χ4n) is 5.27. The molecule has 0 aliphatic heterocycles. The average Bonchev–Trinajstić information content (AvgIpc) is 3.07. The summed E-state index contributed by atoms with van der Waals surface area (Å²) < 4.78 is 0. The highest BCUT2D eigenvalue weighted by Crippen LogP contribution is 2.58. The number of hydrogen-bond acceptors (Lipinski definition) is 0. The van der Waals surface area contributed by atoms with Crippen LogP contribution < -0.4 is 0 Å². The second kappa shape index (κ2) is 4.14. The third-order valence-corrected chi connectivity index (χ3v) is 6.37. The summed E-state index contributed by atoms with van der Waals surface area (Å²) in [6.45, 7) is 0. The zero-order valence-corrected chi connectivity index (χ0v) is 12.9. The Labute approximate surface area is 130 Å². The van der Waals surface area contributed by atoms with Crippen molar-refractivity contribution in [3.63, 3.8) is 0 Å². The van der Waals surface area contributed by atoms with Gasteiger partial charge in [-0.25, -0.2) is 0 Å². The van der Waals surface area contributed by atoms with Crippen molar-refractivity contribution in [3.8, 4) is 0 Å². The standard InChI is InChI=1S/C20H19Cl/c21-18-6-4-14-11-19-15(9-16(14)10-18)2-1-7-20(19)12-13-3-5-17(20)8-13/h3-6,9-11,13,17H,1-2,7-8,12H2. The van der Waals surface area contributed by atoms with Gasteiger partial charge in [0.2, 0.25) is 0 Å². The molecule has 2 aromatic rings. The van der Waals surface area contributed by atoms with E-state index in [9.17, 15) is 0 Å². The maximum atomic E-state index is 6.16. The van der Waals surface area contributed by atoms with Crippen LogP contribution in [0.2, 0.25) is 5.02 Å². The lowest BCUT2D eigenvalue weighted by molar-refractivity contribution is 0.304. The number of fused-ring (bicyclic) bond motifs is 6. The van der Waals surface area contributed by atoms with E-state index in [-0.39, 0.29) is 0 Å². The van der Waals surface area contributed by atoms with E-state index in [2.05, 4.69) is 36.4 Å². The first kappa shape index (κ1) is 12.3. The Morgan fingerprint density at radius 1 is 1.05 bits per heavy atom. The summed E-state index contributed by atoms with van der Waals surface area (Å²) in [5.74, 6) is 1.62. The van der Waals surface area contributed by atoms with Crippen LogP contribution in [0, 0.1) is 11.8 Å². The van der Waals surface area contributed by atoms with Crippen molar-refractivity contribution in [2.24, 2.45) is 11.8 Å². The van der Waals surface area contributed by atoms with Crippen molar-refractivity contribution in [2.75, 3.05) is 0 Å². The Morgan fingerprint density at radius 3 is 2.81 bits per heavy atom. The number of aryl methyl sites for hydroxylation is 1. The van der Waals surface area contributed by atoms with Gasteiger partial charge in [0.1, 0.15) is 0 Å². The van der Waals surface area contributed by atoms with Gasteiger partial charge in [-0.2, -0.15) is 0 Å². The van der Waals surface area contributed by atoms with Crippen LogP contribution in [0.25, 0.3) is 10.8 Å². The smallest absolute Gasteiger partial charge is 0.0412 e. The molecule has 0 saturated heterocycles. The second-order valence-corrected chi connectivity index (χ2v) is 7.64. The molecule has 1 saturated carbocycles. The number of rotatable bonds is 0. The zero-order chi connectivity index (χ0) is 14.0. The molecule has 0 nitrogen and oxygen atoms in total. The minimum atomic E-state index is 0.445. The largest absolute Gasteiger partial charge is 0.0851 e. The Bertz CT molecular complexity index is 773.